The number of nitrogens with zero attached hydrogens (tertiary/aromatic N) is 1. The molecule has 5 heteroatoms. The second-order valence-electron chi connectivity index (χ2n) is 7.78. The summed E-state index contributed by atoms with van der Waals surface area (Å²) in [6, 6.07) is 16.8. The van der Waals surface area contributed by atoms with Gasteiger partial charge in [-0.2, -0.15) is 5.01 Å². The number of piperidine rings is 1. The van der Waals surface area contributed by atoms with E-state index < -0.39 is 0 Å². The molecule has 2 N–H and O–H groups in total. The highest BCUT2D eigenvalue weighted by molar-refractivity contribution is 5.68. The minimum Gasteiger partial charge on any atom is -0.497 e. The fourth-order valence-electron chi connectivity index (χ4n) is 4.49. The van der Waals surface area contributed by atoms with Crippen LogP contribution in [-0.2, 0) is 0 Å². The van der Waals surface area contributed by atoms with E-state index in [4.69, 9.17) is 9.47 Å². The van der Waals surface area contributed by atoms with E-state index in [0.717, 1.165) is 48.7 Å². The summed E-state index contributed by atoms with van der Waals surface area (Å²) in [6.45, 7) is 2.23. The average molecular weight is 364 g/mol. The molecule has 0 bridgehead atoms. The number of ether oxygens (including phenoxy) is 2. The van der Waals surface area contributed by atoms with Crippen LogP contribution in [0.25, 0.3) is 5.70 Å². The summed E-state index contributed by atoms with van der Waals surface area (Å²) in [5.74, 6) is 1.89. The van der Waals surface area contributed by atoms with Gasteiger partial charge in [0, 0.05) is 11.1 Å². The van der Waals surface area contributed by atoms with Crippen LogP contribution in [0.5, 0.6) is 11.5 Å². The highest BCUT2D eigenvalue weighted by atomic mass is 16.5. The molecule has 3 aliphatic rings. The Labute approximate surface area is 160 Å². The van der Waals surface area contributed by atoms with Gasteiger partial charge in [0.25, 0.3) is 0 Å². The number of para-hydroxylation sites is 1. The smallest absolute Gasteiger partial charge is 0.191 e. The zero-order chi connectivity index (χ0) is 18.4. The van der Waals surface area contributed by atoms with Gasteiger partial charge in [0.1, 0.15) is 11.5 Å². The lowest BCUT2D eigenvalue weighted by atomic mass is 9.93. The summed E-state index contributed by atoms with van der Waals surface area (Å²) in [5.41, 5.74) is 6.86. The van der Waals surface area contributed by atoms with Crippen molar-refractivity contribution >= 4 is 5.70 Å². The molecule has 0 aliphatic carbocycles. The van der Waals surface area contributed by atoms with Crippen molar-refractivity contribution in [1.82, 2.24) is 10.4 Å². The number of nitrogens with one attached hydrogen (secondary N) is 2. The van der Waals surface area contributed by atoms with Crippen molar-refractivity contribution < 1.29 is 14.4 Å². The summed E-state index contributed by atoms with van der Waals surface area (Å²) >= 11 is 0. The monoisotopic (exact) mass is 364 g/mol. The third-order valence-corrected chi connectivity index (χ3v) is 6.09. The molecular weight excluding hydrogens is 338 g/mol. The molecule has 0 aromatic heterocycles. The number of rotatable bonds is 2. The van der Waals surface area contributed by atoms with Crippen LogP contribution in [0.3, 0.4) is 0 Å². The van der Waals surface area contributed by atoms with Crippen molar-refractivity contribution in [1.29, 1.82) is 0 Å². The van der Waals surface area contributed by atoms with Crippen molar-refractivity contribution in [2.45, 2.75) is 24.6 Å². The Kier molecular flexibility index (Phi) is 3.88. The predicted molar refractivity (Wildman–Crippen MR) is 104 cm³/mol. The number of hydrogen-bond donors (Lipinski definition) is 2. The average Bonchev–Trinajstić information content (AvgIpc) is 3.17. The zero-order valence-electron chi connectivity index (χ0n) is 15.9. The summed E-state index contributed by atoms with van der Waals surface area (Å²) in [6.07, 6.45) is 4.34. The highest BCUT2D eigenvalue weighted by Gasteiger charge is 2.52. The van der Waals surface area contributed by atoms with Crippen molar-refractivity contribution in [3.05, 3.63) is 65.7 Å². The normalized spacial score (nSPS) is 29.3. The van der Waals surface area contributed by atoms with E-state index >= 15 is 0 Å². The van der Waals surface area contributed by atoms with Gasteiger partial charge < -0.3 is 19.8 Å². The van der Waals surface area contributed by atoms with Crippen LogP contribution in [0.1, 0.15) is 30.0 Å². The van der Waals surface area contributed by atoms with E-state index in [1.54, 1.807) is 12.0 Å². The largest absolute Gasteiger partial charge is 0.497 e. The summed E-state index contributed by atoms with van der Waals surface area (Å²) in [7, 11) is 3.97. The van der Waals surface area contributed by atoms with E-state index in [0.29, 0.717) is 0 Å². The first-order valence-corrected chi connectivity index (χ1v) is 9.70. The van der Waals surface area contributed by atoms with Crippen LogP contribution < -0.4 is 19.8 Å². The first kappa shape index (κ1) is 16.7. The van der Waals surface area contributed by atoms with Crippen molar-refractivity contribution in [2.24, 2.45) is 0 Å². The fraction of sp³-hybridized carbons (Fsp3) is 0.364. The minimum absolute atomic E-state index is 0.176. The molecule has 3 aliphatic heterocycles. The lowest BCUT2D eigenvalue weighted by Crippen LogP contribution is -3.11. The lowest BCUT2D eigenvalue weighted by molar-refractivity contribution is -0.888. The Morgan fingerprint density at radius 3 is 2.78 bits per heavy atom. The van der Waals surface area contributed by atoms with Gasteiger partial charge in [-0.3, -0.25) is 0 Å². The first-order valence-electron chi connectivity index (χ1n) is 9.70. The predicted octanol–water partition coefficient (Wildman–Crippen LogP) is 1.99. The van der Waals surface area contributed by atoms with Crippen LogP contribution >= 0.6 is 0 Å². The first-order chi connectivity index (χ1) is 13.2. The van der Waals surface area contributed by atoms with Gasteiger partial charge in [-0.15, -0.1) is 0 Å². The number of methoxy groups -OCH3 is 1. The summed E-state index contributed by atoms with van der Waals surface area (Å²) < 4.78 is 12.1. The second kappa shape index (κ2) is 6.29. The van der Waals surface area contributed by atoms with Gasteiger partial charge in [-0.25, -0.2) is 0 Å². The molecule has 1 fully saturated rings. The molecule has 2 aromatic carbocycles. The molecule has 27 heavy (non-hydrogen) atoms. The molecule has 2 aromatic rings. The van der Waals surface area contributed by atoms with Gasteiger partial charge in [0.15, 0.2) is 5.72 Å². The van der Waals surface area contributed by atoms with E-state index in [1.165, 1.54) is 5.56 Å². The lowest BCUT2D eigenvalue weighted by Gasteiger charge is -2.50. The standard InChI is InChI=1S/C22H25N3O2/c1-24-12-10-22(11-13-24)25-20(18-8-3-4-9-21(18)27-22)15-19(23-25)16-6-5-7-17(14-16)26-2/h3-9,14-15,20,23H,10-13H2,1-2H3/p+1/t20-/m0/s1. The Morgan fingerprint density at radius 1 is 1.15 bits per heavy atom. The van der Waals surface area contributed by atoms with E-state index in [-0.39, 0.29) is 11.8 Å². The summed E-state index contributed by atoms with van der Waals surface area (Å²) in [5, 5.41) is 2.34. The molecule has 3 heterocycles. The minimum atomic E-state index is -0.296. The second-order valence-corrected chi connectivity index (χ2v) is 7.78. The van der Waals surface area contributed by atoms with Crippen LogP contribution in [0, 0.1) is 0 Å². The van der Waals surface area contributed by atoms with Gasteiger partial charge >= 0.3 is 0 Å². The van der Waals surface area contributed by atoms with E-state index in [9.17, 15) is 0 Å². The quantitative estimate of drug-likeness (QED) is 0.855. The Hall–Kier alpha value is -2.50. The molecule has 140 valence electrons. The maximum absolute atomic E-state index is 6.64. The molecule has 0 amide bonds. The third-order valence-electron chi connectivity index (χ3n) is 6.09. The number of hydrazine groups is 1. The van der Waals surface area contributed by atoms with Crippen molar-refractivity contribution in [3.63, 3.8) is 0 Å². The van der Waals surface area contributed by atoms with Crippen LogP contribution in [0.2, 0.25) is 0 Å². The Balaban J connectivity index is 1.56. The molecule has 5 nitrogen and oxygen atoms in total. The molecule has 0 unspecified atom stereocenters. The maximum atomic E-state index is 6.64. The highest BCUT2D eigenvalue weighted by Crippen LogP contribution is 2.47. The van der Waals surface area contributed by atoms with Crippen LogP contribution in [0.15, 0.2) is 54.6 Å². The van der Waals surface area contributed by atoms with Gasteiger partial charge in [0.2, 0.25) is 0 Å². The third kappa shape index (κ3) is 2.69. The molecule has 0 saturated carbocycles. The van der Waals surface area contributed by atoms with Gasteiger partial charge in [0.05, 0.1) is 51.8 Å². The van der Waals surface area contributed by atoms with E-state index in [1.807, 2.05) is 12.1 Å². The number of likely N-dealkylation sites (tertiary alicyclic amines) is 1. The Bertz CT molecular complexity index is 887. The van der Waals surface area contributed by atoms with E-state index in [2.05, 4.69) is 60.0 Å². The molecule has 1 saturated heterocycles. The number of benzene rings is 2. The van der Waals surface area contributed by atoms with Crippen molar-refractivity contribution in [3.8, 4) is 11.5 Å². The SMILES string of the molecule is COc1cccc(C2=C[C@H]3c4ccccc4OC4(CC[NH+](C)CC4)N3N2)c1. The number of hydrogen-bond acceptors (Lipinski definition) is 4. The fourth-order valence-corrected chi connectivity index (χ4v) is 4.49. The molecule has 5 rings (SSSR count). The van der Waals surface area contributed by atoms with Gasteiger partial charge in [-0.1, -0.05) is 30.3 Å². The van der Waals surface area contributed by atoms with Crippen LogP contribution in [-0.4, -0.2) is 38.0 Å². The van der Waals surface area contributed by atoms with Crippen LogP contribution in [0.4, 0.5) is 0 Å². The molecule has 1 spiro atoms. The Morgan fingerprint density at radius 2 is 1.96 bits per heavy atom. The van der Waals surface area contributed by atoms with Crippen molar-refractivity contribution in [2.75, 3.05) is 27.2 Å². The summed E-state index contributed by atoms with van der Waals surface area (Å²) in [4.78, 5) is 1.57. The number of fused-ring (bicyclic) bond motifs is 4. The molecular formula is C22H26N3O2+. The molecule has 1 atom stereocenters. The molecule has 0 radical (unpaired) electrons. The zero-order valence-corrected chi connectivity index (χ0v) is 15.9. The van der Waals surface area contributed by atoms with Gasteiger partial charge in [-0.05, 0) is 24.3 Å². The number of quaternary nitrogens is 1. The maximum Gasteiger partial charge on any atom is 0.191 e. The topological polar surface area (TPSA) is 38.2 Å².